The topological polar surface area (TPSA) is 63.7 Å². The van der Waals surface area contributed by atoms with Crippen molar-refractivity contribution in [2.45, 2.75) is 37.2 Å². The van der Waals surface area contributed by atoms with E-state index in [0.29, 0.717) is 29.2 Å². The lowest BCUT2D eigenvalue weighted by molar-refractivity contribution is 0.0498. The standard InChI is InChI=1S/C20H21NO4S/c1-14-7-8-19(15(2)11-14)26(23,24)21-10-9-20(13-21)12-17(22)16-5-3-4-6-18(16)25-20/h3-8,11H,9-10,12-13H2,1-2H3. The summed E-state index contributed by atoms with van der Waals surface area (Å²) >= 11 is 0. The number of nitrogens with zero attached hydrogens (tertiary/aromatic N) is 1. The number of sulfonamides is 1. The Morgan fingerprint density at radius 3 is 2.65 bits per heavy atom. The number of ether oxygens (including phenoxy) is 1. The summed E-state index contributed by atoms with van der Waals surface area (Å²) in [5.41, 5.74) is 1.57. The molecule has 4 rings (SSSR count). The van der Waals surface area contributed by atoms with E-state index in [1.54, 1.807) is 18.2 Å². The van der Waals surface area contributed by atoms with Crippen molar-refractivity contribution in [3.8, 4) is 5.75 Å². The van der Waals surface area contributed by atoms with Crippen molar-refractivity contribution in [1.29, 1.82) is 0 Å². The van der Waals surface area contributed by atoms with Gasteiger partial charge in [-0.05, 0) is 37.6 Å². The summed E-state index contributed by atoms with van der Waals surface area (Å²) in [6.45, 7) is 4.30. The summed E-state index contributed by atoms with van der Waals surface area (Å²) in [5, 5.41) is 0. The van der Waals surface area contributed by atoms with Crippen LogP contribution in [-0.2, 0) is 10.0 Å². The van der Waals surface area contributed by atoms with Crippen molar-refractivity contribution in [3.63, 3.8) is 0 Å². The maximum Gasteiger partial charge on any atom is 0.243 e. The van der Waals surface area contributed by atoms with Gasteiger partial charge in [-0.1, -0.05) is 29.8 Å². The Kier molecular flexibility index (Phi) is 3.93. The molecule has 6 heteroatoms. The number of benzene rings is 2. The van der Waals surface area contributed by atoms with Gasteiger partial charge >= 0.3 is 0 Å². The van der Waals surface area contributed by atoms with Crippen LogP contribution in [0.1, 0.15) is 34.3 Å². The first-order valence-electron chi connectivity index (χ1n) is 8.69. The van der Waals surface area contributed by atoms with Crippen LogP contribution in [0.4, 0.5) is 0 Å². The Bertz CT molecular complexity index is 999. The molecular weight excluding hydrogens is 350 g/mol. The van der Waals surface area contributed by atoms with Crippen molar-refractivity contribution in [2.75, 3.05) is 13.1 Å². The largest absolute Gasteiger partial charge is 0.485 e. The zero-order valence-electron chi connectivity index (χ0n) is 14.9. The molecule has 2 aliphatic rings. The first-order chi connectivity index (χ1) is 12.3. The van der Waals surface area contributed by atoms with Gasteiger partial charge in [0.25, 0.3) is 0 Å². The number of Topliss-reactive ketones (excluding diaryl/α,β-unsaturated/α-hetero) is 1. The SMILES string of the molecule is Cc1ccc(S(=O)(=O)N2CCC3(CC(=O)c4ccccc4O3)C2)c(C)c1. The minimum absolute atomic E-state index is 0.0117. The van der Waals surface area contributed by atoms with Crippen LogP contribution in [0.3, 0.4) is 0 Å². The van der Waals surface area contributed by atoms with Crippen LogP contribution in [0.25, 0.3) is 0 Å². The van der Waals surface area contributed by atoms with E-state index < -0.39 is 15.6 Å². The first kappa shape index (κ1) is 17.2. The molecule has 2 aromatic carbocycles. The molecule has 0 saturated carbocycles. The van der Waals surface area contributed by atoms with Gasteiger partial charge in [0, 0.05) is 13.0 Å². The molecule has 0 amide bonds. The van der Waals surface area contributed by atoms with E-state index in [9.17, 15) is 13.2 Å². The van der Waals surface area contributed by atoms with E-state index in [-0.39, 0.29) is 18.7 Å². The van der Waals surface area contributed by atoms with Crippen LogP contribution in [0, 0.1) is 13.8 Å². The Hall–Kier alpha value is -2.18. The maximum atomic E-state index is 13.1. The van der Waals surface area contributed by atoms with Crippen molar-refractivity contribution in [2.24, 2.45) is 0 Å². The molecule has 5 nitrogen and oxygen atoms in total. The summed E-state index contributed by atoms with van der Waals surface area (Å²) in [5.74, 6) is 0.562. The number of ketones is 1. The average Bonchev–Trinajstić information content (AvgIpc) is 2.98. The molecule has 0 aliphatic carbocycles. The highest BCUT2D eigenvalue weighted by Gasteiger charge is 2.49. The molecule has 0 aromatic heterocycles. The lowest BCUT2D eigenvalue weighted by Gasteiger charge is -2.34. The fraction of sp³-hybridized carbons (Fsp3) is 0.350. The van der Waals surface area contributed by atoms with E-state index >= 15 is 0 Å². The minimum Gasteiger partial charge on any atom is -0.485 e. The van der Waals surface area contributed by atoms with Gasteiger partial charge in [-0.3, -0.25) is 4.79 Å². The monoisotopic (exact) mass is 371 g/mol. The van der Waals surface area contributed by atoms with E-state index in [4.69, 9.17) is 4.74 Å². The Morgan fingerprint density at radius 2 is 1.88 bits per heavy atom. The van der Waals surface area contributed by atoms with Gasteiger partial charge in [0.05, 0.1) is 23.4 Å². The molecule has 1 saturated heterocycles. The third-order valence-corrected chi connectivity index (χ3v) is 7.23. The fourth-order valence-electron chi connectivity index (χ4n) is 3.91. The number of fused-ring (bicyclic) bond motifs is 1. The van der Waals surface area contributed by atoms with Gasteiger partial charge in [-0.2, -0.15) is 4.31 Å². The highest BCUT2D eigenvalue weighted by atomic mass is 32.2. The normalized spacial score (nSPS) is 23.1. The van der Waals surface area contributed by atoms with Crippen molar-refractivity contribution < 1.29 is 17.9 Å². The summed E-state index contributed by atoms with van der Waals surface area (Å²) in [6, 6.07) is 12.5. The Balaban J connectivity index is 1.64. The molecule has 0 radical (unpaired) electrons. The van der Waals surface area contributed by atoms with Gasteiger partial charge in [0.1, 0.15) is 11.4 Å². The molecule has 1 spiro atoms. The highest BCUT2D eigenvalue weighted by Crippen LogP contribution is 2.40. The molecule has 2 heterocycles. The number of hydrogen-bond donors (Lipinski definition) is 0. The zero-order chi connectivity index (χ0) is 18.5. The van der Waals surface area contributed by atoms with E-state index in [2.05, 4.69) is 0 Å². The second-order valence-electron chi connectivity index (χ2n) is 7.24. The predicted octanol–water partition coefficient (Wildman–Crippen LogP) is 3.10. The van der Waals surface area contributed by atoms with Gasteiger partial charge in [-0.15, -0.1) is 0 Å². The molecule has 0 N–H and O–H groups in total. The van der Waals surface area contributed by atoms with Gasteiger partial charge in [0.2, 0.25) is 10.0 Å². The zero-order valence-corrected chi connectivity index (χ0v) is 15.7. The maximum absolute atomic E-state index is 13.1. The highest BCUT2D eigenvalue weighted by molar-refractivity contribution is 7.89. The number of para-hydroxylation sites is 1. The number of rotatable bonds is 2. The third-order valence-electron chi connectivity index (χ3n) is 5.23. The first-order valence-corrected chi connectivity index (χ1v) is 10.1. The molecule has 0 bridgehead atoms. The number of carbonyl (C=O) groups is 1. The number of aryl methyl sites for hydroxylation is 2. The fourth-order valence-corrected chi connectivity index (χ4v) is 5.63. The van der Waals surface area contributed by atoms with Crippen molar-refractivity contribution in [3.05, 3.63) is 59.2 Å². The van der Waals surface area contributed by atoms with Gasteiger partial charge in [0.15, 0.2) is 5.78 Å². The summed E-state index contributed by atoms with van der Waals surface area (Å²) in [4.78, 5) is 12.8. The summed E-state index contributed by atoms with van der Waals surface area (Å²) in [7, 11) is -3.61. The van der Waals surface area contributed by atoms with Crippen LogP contribution in [0.5, 0.6) is 5.75 Å². The smallest absolute Gasteiger partial charge is 0.243 e. The average molecular weight is 371 g/mol. The summed E-state index contributed by atoms with van der Waals surface area (Å²) in [6.07, 6.45) is 0.722. The van der Waals surface area contributed by atoms with Gasteiger partial charge in [-0.25, -0.2) is 8.42 Å². The van der Waals surface area contributed by atoms with E-state index in [1.807, 2.05) is 38.1 Å². The lowest BCUT2D eigenvalue weighted by Crippen LogP contribution is -2.45. The van der Waals surface area contributed by atoms with Crippen LogP contribution >= 0.6 is 0 Å². The van der Waals surface area contributed by atoms with E-state index in [1.165, 1.54) is 4.31 Å². The van der Waals surface area contributed by atoms with Crippen LogP contribution in [0.2, 0.25) is 0 Å². The van der Waals surface area contributed by atoms with Crippen molar-refractivity contribution in [1.82, 2.24) is 4.31 Å². The quantitative estimate of drug-likeness (QED) is 0.814. The number of carbonyl (C=O) groups excluding carboxylic acids is 1. The Labute approximate surface area is 153 Å². The summed E-state index contributed by atoms with van der Waals surface area (Å²) < 4.78 is 33.8. The lowest BCUT2D eigenvalue weighted by atomic mass is 9.89. The second-order valence-corrected chi connectivity index (χ2v) is 9.15. The predicted molar refractivity (Wildman–Crippen MR) is 98.0 cm³/mol. The number of hydrogen-bond acceptors (Lipinski definition) is 4. The van der Waals surface area contributed by atoms with Crippen LogP contribution in [0.15, 0.2) is 47.4 Å². The molecule has 2 aromatic rings. The molecule has 1 atom stereocenters. The minimum atomic E-state index is -3.61. The van der Waals surface area contributed by atoms with E-state index in [0.717, 1.165) is 11.1 Å². The molecular formula is C20H21NO4S. The van der Waals surface area contributed by atoms with Gasteiger partial charge < -0.3 is 4.74 Å². The molecule has 1 unspecified atom stereocenters. The second kappa shape index (κ2) is 5.93. The third kappa shape index (κ3) is 2.73. The molecule has 1 fully saturated rings. The van der Waals surface area contributed by atoms with Crippen LogP contribution in [-0.4, -0.2) is 37.2 Å². The Morgan fingerprint density at radius 1 is 1.12 bits per heavy atom. The molecule has 2 aliphatic heterocycles. The molecule has 26 heavy (non-hydrogen) atoms. The van der Waals surface area contributed by atoms with Crippen molar-refractivity contribution >= 4 is 15.8 Å². The molecule has 136 valence electrons. The van der Waals surface area contributed by atoms with Crippen LogP contribution < -0.4 is 4.74 Å².